The predicted octanol–water partition coefficient (Wildman–Crippen LogP) is 3.09. The summed E-state index contributed by atoms with van der Waals surface area (Å²) >= 11 is 2.98. The lowest BCUT2D eigenvalue weighted by atomic mass is 10.2. The van der Waals surface area contributed by atoms with E-state index in [9.17, 15) is 8.78 Å². The molecule has 15 heavy (non-hydrogen) atoms. The highest BCUT2D eigenvalue weighted by Gasteiger charge is 2.18. The van der Waals surface area contributed by atoms with Crippen molar-refractivity contribution in [3.63, 3.8) is 0 Å². The molecular weight excluding hydrogens is 270 g/mol. The zero-order valence-electron chi connectivity index (χ0n) is 7.59. The van der Waals surface area contributed by atoms with Gasteiger partial charge in [-0.2, -0.15) is 4.98 Å². The zero-order chi connectivity index (χ0) is 11.0. The molecule has 0 amide bonds. The minimum atomic E-state index is -0.745. The van der Waals surface area contributed by atoms with Gasteiger partial charge in [-0.3, -0.25) is 0 Å². The number of hydrogen-bond donors (Lipinski definition) is 0. The van der Waals surface area contributed by atoms with Crippen molar-refractivity contribution in [3.05, 3.63) is 34.1 Å². The molecule has 0 spiro atoms. The minimum Gasteiger partial charge on any atom is -0.334 e. The lowest BCUT2D eigenvalue weighted by molar-refractivity contribution is 0.420. The summed E-state index contributed by atoms with van der Waals surface area (Å²) in [4.78, 5) is 3.76. The van der Waals surface area contributed by atoms with Gasteiger partial charge >= 0.3 is 0 Å². The van der Waals surface area contributed by atoms with Gasteiger partial charge in [-0.15, -0.1) is 0 Å². The number of benzene rings is 1. The van der Waals surface area contributed by atoms with E-state index >= 15 is 0 Å². The summed E-state index contributed by atoms with van der Waals surface area (Å²) in [5.41, 5.74) is -0.307. The lowest BCUT2D eigenvalue weighted by Crippen LogP contribution is -1.90. The number of hydrogen-bond acceptors (Lipinski definition) is 3. The summed E-state index contributed by atoms with van der Waals surface area (Å²) in [6.45, 7) is 1.57. The molecule has 1 aromatic heterocycles. The summed E-state index contributed by atoms with van der Waals surface area (Å²) in [5, 5.41) is 3.47. The fourth-order valence-electron chi connectivity index (χ4n) is 1.15. The second-order valence-corrected chi connectivity index (χ2v) is 3.81. The molecule has 1 aromatic carbocycles. The molecule has 1 heterocycles. The van der Waals surface area contributed by atoms with Crippen molar-refractivity contribution in [1.82, 2.24) is 10.1 Å². The molecule has 0 N–H and O–H groups in total. The van der Waals surface area contributed by atoms with E-state index in [-0.39, 0.29) is 11.5 Å². The van der Waals surface area contributed by atoms with Crippen LogP contribution >= 0.6 is 15.9 Å². The number of rotatable bonds is 1. The van der Waals surface area contributed by atoms with E-state index in [2.05, 4.69) is 26.1 Å². The molecule has 0 aliphatic carbocycles. The molecule has 6 heteroatoms. The fourth-order valence-corrected chi connectivity index (χ4v) is 1.55. The third-order valence-corrected chi connectivity index (χ3v) is 2.21. The van der Waals surface area contributed by atoms with Crippen LogP contribution in [0.2, 0.25) is 0 Å². The SMILES string of the molecule is Cc1noc(-c2c(F)cc(Br)cc2F)n1. The molecule has 0 radical (unpaired) electrons. The number of aromatic nitrogens is 2. The van der Waals surface area contributed by atoms with Crippen molar-refractivity contribution in [3.8, 4) is 11.5 Å². The van der Waals surface area contributed by atoms with Crippen molar-refractivity contribution in [2.45, 2.75) is 6.92 Å². The number of halogens is 3. The quantitative estimate of drug-likeness (QED) is 0.802. The van der Waals surface area contributed by atoms with Gasteiger partial charge < -0.3 is 4.52 Å². The standard InChI is InChI=1S/C9H5BrF2N2O/c1-4-13-9(15-14-4)8-6(11)2-5(10)3-7(8)12/h2-3H,1H3. The van der Waals surface area contributed by atoms with Gasteiger partial charge in [0.25, 0.3) is 5.89 Å². The maximum Gasteiger partial charge on any atom is 0.263 e. The van der Waals surface area contributed by atoms with Crippen LogP contribution in [-0.2, 0) is 0 Å². The van der Waals surface area contributed by atoms with Gasteiger partial charge in [0.2, 0.25) is 0 Å². The highest BCUT2D eigenvalue weighted by molar-refractivity contribution is 9.10. The first-order chi connectivity index (χ1) is 7.08. The summed E-state index contributed by atoms with van der Waals surface area (Å²) < 4.78 is 31.8. The predicted molar refractivity (Wildman–Crippen MR) is 52.1 cm³/mol. The zero-order valence-corrected chi connectivity index (χ0v) is 9.18. The molecule has 78 valence electrons. The van der Waals surface area contributed by atoms with Crippen molar-refractivity contribution < 1.29 is 13.3 Å². The van der Waals surface area contributed by atoms with Gasteiger partial charge in [0.1, 0.15) is 17.2 Å². The molecule has 0 fully saturated rings. The lowest BCUT2D eigenvalue weighted by Gasteiger charge is -2.00. The molecule has 0 atom stereocenters. The van der Waals surface area contributed by atoms with Gasteiger partial charge in [0.05, 0.1) is 0 Å². The molecular formula is C9H5BrF2N2O. The molecule has 0 bridgehead atoms. The summed E-state index contributed by atoms with van der Waals surface area (Å²) in [6.07, 6.45) is 0. The summed E-state index contributed by atoms with van der Waals surface area (Å²) in [7, 11) is 0. The Morgan fingerprint density at radius 3 is 2.33 bits per heavy atom. The molecule has 0 saturated heterocycles. The number of aryl methyl sites for hydroxylation is 1. The average Bonchev–Trinajstić information content (AvgIpc) is 2.49. The van der Waals surface area contributed by atoms with E-state index in [1.807, 2.05) is 0 Å². The Balaban J connectivity index is 2.62. The van der Waals surface area contributed by atoms with Crippen molar-refractivity contribution >= 4 is 15.9 Å². The van der Waals surface area contributed by atoms with Gasteiger partial charge in [0, 0.05) is 4.47 Å². The Morgan fingerprint density at radius 2 is 1.87 bits per heavy atom. The third kappa shape index (κ3) is 1.90. The highest BCUT2D eigenvalue weighted by atomic mass is 79.9. The third-order valence-electron chi connectivity index (χ3n) is 1.75. The van der Waals surface area contributed by atoms with E-state index in [1.54, 1.807) is 6.92 Å². The Hall–Kier alpha value is -1.30. The second-order valence-electron chi connectivity index (χ2n) is 2.89. The largest absolute Gasteiger partial charge is 0.334 e. The monoisotopic (exact) mass is 274 g/mol. The second kappa shape index (κ2) is 3.69. The van der Waals surface area contributed by atoms with Crippen LogP contribution in [0.5, 0.6) is 0 Å². The molecule has 0 aliphatic heterocycles. The molecule has 0 aliphatic rings. The Morgan fingerprint density at radius 1 is 1.27 bits per heavy atom. The van der Waals surface area contributed by atoms with Crippen LogP contribution < -0.4 is 0 Å². The first-order valence-corrected chi connectivity index (χ1v) is 4.82. The highest BCUT2D eigenvalue weighted by Crippen LogP contribution is 2.27. The van der Waals surface area contributed by atoms with Crippen molar-refractivity contribution in [2.75, 3.05) is 0 Å². The smallest absolute Gasteiger partial charge is 0.263 e. The van der Waals surface area contributed by atoms with Gasteiger partial charge in [-0.05, 0) is 19.1 Å². The summed E-state index contributed by atoms with van der Waals surface area (Å²) in [6, 6.07) is 2.27. The van der Waals surface area contributed by atoms with E-state index in [0.29, 0.717) is 10.3 Å². The van der Waals surface area contributed by atoms with Crippen LogP contribution in [-0.4, -0.2) is 10.1 Å². The van der Waals surface area contributed by atoms with Crippen molar-refractivity contribution in [2.24, 2.45) is 0 Å². The molecule has 2 rings (SSSR count). The van der Waals surface area contributed by atoms with Crippen LogP contribution in [0.4, 0.5) is 8.78 Å². The van der Waals surface area contributed by atoms with E-state index in [4.69, 9.17) is 4.52 Å². The molecule has 3 nitrogen and oxygen atoms in total. The van der Waals surface area contributed by atoms with Gasteiger partial charge in [-0.25, -0.2) is 8.78 Å². The van der Waals surface area contributed by atoms with E-state index in [1.165, 1.54) is 0 Å². The van der Waals surface area contributed by atoms with E-state index in [0.717, 1.165) is 12.1 Å². The van der Waals surface area contributed by atoms with Crippen LogP contribution in [0, 0.1) is 18.6 Å². The first-order valence-electron chi connectivity index (χ1n) is 4.03. The van der Waals surface area contributed by atoms with Crippen molar-refractivity contribution in [1.29, 1.82) is 0 Å². The van der Waals surface area contributed by atoms with Crippen LogP contribution in [0.15, 0.2) is 21.1 Å². The molecule has 2 aromatic rings. The fraction of sp³-hybridized carbons (Fsp3) is 0.111. The maximum atomic E-state index is 13.4. The maximum absolute atomic E-state index is 13.4. The van der Waals surface area contributed by atoms with Gasteiger partial charge in [-0.1, -0.05) is 21.1 Å². The van der Waals surface area contributed by atoms with Crippen LogP contribution in [0.25, 0.3) is 11.5 Å². The van der Waals surface area contributed by atoms with Crippen LogP contribution in [0.3, 0.4) is 0 Å². The molecule has 0 saturated carbocycles. The minimum absolute atomic E-state index is 0.157. The summed E-state index contributed by atoms with van der Waals surface area (Å²) in [5.74, 6) is -1.32. The normalized spacial score (nSPS) is 10.7. The Bertz CT molecular complexity index is 490. The number of nitrogens with zero attached hydrogens (tertiary/aromatic N) is 2. The average molecular weight is 275 g/mol. The van der Waals surface area contributed by atoms with Crippen LogP contribution in [0.1, 0.15) is 5.82 Å². The Kier molecular flexibility index (Phi) is 2.52. The van der Waals surface area contributed by atoms with Gasteiger partial charge in [0.15, 0.2) is 5.82 Å². The Labute approximate surface area is 92.2 Å². The van der Waals surface area contributed by atoms with E-state index < -0.39 is 11.6 Å². The first kappa shape index (κ1) is 10.2. The molecule has 0 unspecified atom stereocenters. The topological polar surface area (TPSA) is 38.9 Å².